The molecule has 5 nitrogen and oxygen atoms in total. The van der Waals surface area contributed by atoms with E-state index in [0.29, 0.717) is 5.56 Å². The van der Waals surface area contributed by atoms with Gasteiger partial charge in [-0.15, -0.1) is 0 Å². The monoisotopic (exact) mass is 318 g/mol. The van der Waals surface area contributed by atoms with Gasteiger partial charge in [0.05, 0.1) is 11.7 Å². The van der Waals surface area contributed by atoms with E-state index in [1.807, 2.05) is 53.6 Å². The summed E-state index contributed by atoms with van der Waals surface area (Å²) >= 11 is 0. The van der Waals surface area contributed by atoms with Crippen molar-refractivity contribution in [3.8, 4) is 11.3 Å². The van der Waals surface area contributed by atoms with Crippen molar-refractivity contribution in [2.24, 2.45) is 0 Å². The number of H-pyrrole nitrogens is 1. The molecule has 1 amide bonds. The lowest BCUT2D eigenvalue weighted by molar-refractivity contribution is 0.0735. The van der Waals surface area contributed by atoms with Crippen LogP contribution in [-0.2, 0) is 0 Å². The summed E-state index contributed by atoms with van der Waals surface area (Å²) in [5.41, 5.74) is 3.80. The van der Waals surface area contributed by atoms with Crippen LogP contribution in [0.5, 0.6) is 0 Å². The maximum atomic E-state index is 12.9. The quantitative estimate of drug-likeness (QED) is 0.804. The lowest BCUT2D eigenvalue weighted by Crippen LogP contribution is -2.30. The van der Waals surface area contributed by atoms with Crippen molar-refractivity contribution in [3.63, 3.8) is 0 Å². The zero-order valence-electron chi connectivity index (χ0n) is 13.2. The lowest BCUT2D eigenvalue weighted by atomic mass is 10.1. The third-order valence-electron chi connectivity index (χ3n) is 4.53. The van der Waals surface area contributed by atoms with Crippen LogP contribution in [0.4, 0.5) is 0 Å². The summed E-state index contributed by atoms with van der Waals surface area (Å²) < 4.78 is 0. The molecule has 4 rings (SSSR count). The van der Waals surface area contributed by atoms with Crippen molar-refractivity contribution in [1.82, 2.24) is 20.1 Å². The van der Waals surface area contributed by atoms with E-state index in [0.717, 1.165) is 36.2 Å². The lowest BCUT2D eigenvalue weighted by Gasteiger charge is -2.25. The molecule has 1 fully saturated rings. The molecule has 24 heavy (non-hydrogen) atoms. The number of carbonyl (C=O) groups excluding carboxylic acids is 1. The minimum atomic E-state index is 0.0810. The average molecular weight is 318 g/mol. The molecule has 120 valence electrons. The number of rotatable bonds is 3. The number of nitrogens with zero attached hydrogens (tertiary/aromatic N) is 3. The van der Waals surface area contributed by atoms with Crippen molar-refractivity contribution in [2.75, 3.05) is 6.54 Å². The Balaban J connectivity index is 1.56. The summed E-state index contributed by atoms with van der Waals surface area (Å²) in [5.74, 6) is 0.0810. The summed E-state index contributed by atoms with van der Waals surface area (Å²) in [5, 5.41) is 6.89. The molecular formula is C19H18N4O. The first-order chi connectivity index (χ1) is 11.8. The zero-order chi connectivity index (χ0) is 16.4. The highest BCUT2D eigenvalue weighted by Crippen LogP contribution is 2.32. The van der Waals surface area contributed by atoms with Crippen LogP contribution in [0.15, 0.2) is 61.1 Å². The topological polar surface area (TPSA) is 61.9 Å². The van der Waals surface area contributed by atoms with E-state index in [2.05, 4.69) is 15.2 Å². The molecule has 3 heterocycles. The van der Waals surface area contributed by atoms with Crippen LogP contribution in [0.2, 0.25) is 0 Å². The van der Waals surface area contributed by atoms with E-state index in [-0.39, 0.29) is 11.9 Å². The molecule has 0 unspecified atom stereocenters. The van der Waals surface area contributed by atoms with E-state index >= 15 is 0 Å². The van der Waals surface area contributed by atoms with Gasteiger partial charge in [-0.25, -0.2) is 0 Å². The first kappa shape index (κ1) is 14.6. The van der Waals surface area contributed by atoms with Crippen molar-refractivity contribution in [1.29, 1.82) is 0 Å². The van der Waals surface area contributed by atoms with Gasteiger partial charge in [0.25, 0.3) is 5.91 Å². The summed E-state index contributed by atoms with van der Waals surface area (Å²) in [6, 6.07) is 13.7. The van der Waals surface area contributed by atoms with Gasteiger partial charge in [0.15, 0.2) is 0 Å². The van der Waals surface area contributed by atoms with Crippen LogP contribution in [0.3, 0.4) is 0 Å². The summed E-state index contributed by atoms with van der Waals surface area (Å²) in [7, 11) is 0. The van der Waals surface area contributed by atoms with Gasteiger partial charge in [0.1, 0.15) is 0 Å². The van der Waals surface area contributed by atoms with E-state index < -0.39 is 0 Å². The van der Waals surface area contributed by atoms with Crippen LogP contribution in [0.25, 0.3) is 11.3 Å². The first-order valence-corrected chi connectivity index (χ1v) is 8.13. The van der Waals surface area contributed by atoms with Crippen molar-refractivity contribution >= 4 is 5.91 Å². The van der Waals surface area contributed by atoms with Crippen molar-refractivity contribution in [2.45, 2.75) is 18.9 Å². The Morgan fingerprint density at radius 3 is 2.71 bits per heavy atom. The Kier molecular flexibility index (Phi) is 3.83. The molecule has 2 aromatic heterocycles. The van der Waals surface area contributed by atoms with Crippen LogP contribution >= 0.6 is 0 Å². The maximum Gasteiger partial charge on any atom is 0.254 e. The van der Waals surface area contributed by atoms with Crippen LogP contribution in [-0.4, -0.2) is 32.5 Å². The number of carbonyl (C=O) groups is 1. The zero-order valence-corrected chi connectivity index (χ0v) is 13.2. The number of pyridine rings is 1. The molecule has 0 bridgehead atoms. The first-order valence-electron chi connectivity index (χ1n) is 8.13. The minimum absolute atomic E-state index is 0.0810. The number of hydrogen-bond acceptors (Lipinski definition) is 3. The fraction of sp³-hybridized carbons (Fsp3) is 0.211. The predicted octanol–water partition coefficient (Wildman–Crippen LogP) is 3.45. The summed E-state index contributed by atoms with van der Waals surface area (Å²) in [4.78, 5) is 19.1. The molecular weight excluding hydrogens is 300 g/mol. The Bertz CT molecular complexity index is 812. The molecule has 1 aromatic carbocycles. The standard InChI is InChI=1S/C19H18N4O/c24-19(15-7-5-14(6-8-15)17-9-11-21-22-17)23-12-2-4-18(23)16-3-1-10-20-13-16/h1,3,5-11,13,18H,2,4,12H2,(H,21,22)/t18-/m0/s1. The molecule has 1 saturated heterocycles. The Morgan fingerprint density at radius 2 is 2.00 bits per heavy atom. The fourth-order valence-corrected chi connectivity index (χ4v) is 3.30. The van der Waals surface area contributed by atoms with Crippen molar-refractivity contribution in [3.05, 3.63) is 72.2 Å². The molecule has 1 aliphatic rings. The number of benzene rings is 1. The second kappa shape index (κ2) is 6.28. The van der Waals surface area contributed by atoms with Gasteiger partial charge in [-0.3, -0.25) is 14.9 Å². The molecule has 3 aromatic rings. The maximum absolute atomic E-state index is 12.9. The second-order valence-corrected chi connectivity index (χ2v) is 5.99. The molecule has 5 heteroatoms. The van der Waals surface area contributed by atoms with Crippen LogP contribution in [0, 0.1) is 0 Å². The smallest absolute Gasteiger partial charge is 0.254 e. The van der Waals surface area contributed by atoms with E-state index in [4.69, 9.17) is 0 Å². The van der Waals surface area contributed by atoms with Crippen LogP contribution in [0.1, 0.15) is 34.8 Å². The van der Waals surface area contributed by atoms with Gasteiger partial charge in [0.2, 0.25) is 0 Å². The van der Waals surface area contributed by atoms with Gasteiger partial charge in [-0.05, 0) is 48.2 Å². The van der Waals surface area contributed by atoms with Gasteiger partial charge >= 0.3 is 0 Å². The summed E-state index contributed by atoms with van der Waals surface area (Å²) in [6.07, 6.45) is 7.36. The van der Waals surface area contributed by atoms with Gasteiger partial charge in [-0.1, -0.05) is 18.2 Å². The molecule has 0 radical (unpaired) electrons. The second-order valence-electron chi connectivity index (χ2n) is 5.99. The van der Waals surface area contributed by atoms with Gasteiger partial charge < -0.3 is 4.90 Å². The Labute approximate surface area is 140 Å². The highest BCUT2D eigenvalue weighted by atomic mass is 16.2. The number of aromatic amines is 1. The summed E-state index contributed by atoms with van der Waals surface area (Å²) in [6.45, 7) is 0.792. The highest BCUT2D eigenvalue weighted by molar-refractivity contribution is 5.95. The third kappa shape index (κ3) is 2.69. The largest absolute Gasteiger partial charge is 0.332 e. The number of aromatic nitrogens is 3. The SMILES string of the molecule is O=C(c1ccc(-c2ccn[nH]2)cc1)N1CCC[C@H]1c1cccnc1. The fourth-order valence-electron chi connectivity index (χ4n) is 3.30. The Hall–Kier alpha value is -2.95. The predicted molar refractivity (Wildman–Crippen MR) is 91.3 cm³/mol. The normalized spacial score (nSPS) is 17.2. The molecule has 0 aliphatic carbocycles. The van der Waals surface area contributed by atoms with Gasteiger partial charge in [-0.2, -0.15) is 5.10 Å². The minimum Gasteiger partial charge on any atom is -0.332 e. The molecule has 1 atom stereocenters. The Morgan fingerprint density at radius 1 is 1.12 bits per heavy atom. The third-order valence-corrected chi connectivity index (χ3v) is 4.53. The van der Waals surface area contributed by atoms with Crippen molar-refractivity contribution < 1.29 is 4.79 Å². The van der Waals surface area contributed by atoms with Crippen LogP contribution < -0.4 is 0 Å². The number of nitrogens with one attached hydrogen (secondary N) is 1. The molecule has 1 aliphatic heterocycles. The van der Waals surface area contributed by atoms with E-state index in [1.54, 1.807) is 12.4 Å². The molecule has 1 N–H and O–H groups in total. The van der Waals surface area contributed by atoms with E-state index in [1.165, 1.54) is 0 Å². The number of hydrogen-bond donors (Lipinski definition) is 1. The van der Waals surface area contributed by atoms with E-state index in [9.17, 15) is 4.79 Å². The molecule has 0 spiro atoms. The molecule has 0 saturated carbocycles. The number of amides is 1. The average Bonchev–Trinajstić information content (AvgIpc) is 3.34. The highest BCUT2D eigenvalue weighted by Gasteiger charge is 2.30. The van der Waals surface area contributed by atoms with Gasteiger partial charge in [0, 0.05) is 30.7 Å². The number of likely N-dealkylation sites (tertiary alicyclic amines) is 1.